The van der Waals surface area contributed by atoms with Crippen molar-refractivity contribution in [2.75, 3.05) is 36.8 Å². The van der Waals surface area contributed by atoms with Gasteiger partial charge in [0.25, 0.3) is 0 Å². The number of thioether (sulfide) groups is 1. The highest BCUT2D eigenvalue weighted by Crippen LogP contribution is 2.44. The summed E-state index contributed by atoms with van der Waals surface area (Å²) in [5.74, 6) is 0.850. The molecule has 2 aromatic heterocycles. The molecule has 0 bridgehead atoms. The van der Waals surface area contributed by atoms with Crippen molar-refractivity contribution in [3.05, 3.63) is 64.2 Å². The molecule has 1 saturated heterocycles. The number of nitrogens with zero attached hydrogens (tertiary/aromatic N) is 3. The van der Waals surface area contributed by atoms with Crippen LogP contribution in [0.3, 0.4) is 0 Å². The van der Waals surface area contributed by atoms with Crippen LogP contribution in [-0.2, 0) is 0 Å². The predicted octanol–water partition coefficient (Wildman–Crippen LogP) is 5.43. The second-order valence-electron chi connectivity index (χ2n) is 7.26. The van der Waals surface area contributed by atoms with Crippen LogP contribution in [0.1, 0.15) is 17.7 Å². The fourth-order valence-corrected chi connectivity index (χ4v) is 5.48. The minimum absolute atomic E-state index is 0.0324. The van der Waals surface area contributed by atoms with E-state index >= 15 is 0 Å². The maximum Gasteiger partial charge on any atom is 0.142 e. The van der Waals surface area contributed by atoms with Crippen LogP contribution in [0.5, 0.6) is 0 Å². The number of nitrogen functional groups attached to an aromatic ring is 1. The average molecular weight is 478 g/mol. The molecule has 1 unspecified atom stereocenters. The molecule has 0 saturated carbocycles. The van der Waals surface area contributed by atoms with Crippen molar-refractivity contribution in [2.45, 2.75) is 17.1 Å². The molecule has 5 nitrogen and oxygen atoms in total. The Morgan fingerprint density at radius 3 is 2.68 bits per heavy atom. The molecule has 31 heavy (non-hydrogen) atoms. The Bertz CT molecular complexity index is 1090. The minimum atomic E-state index is -0.495. The second-order valence-corrected chi connectivity index (χ2v) is 9.43. The maximum atomic E-state index is 14.0. The summed E-state index contributed by atoms with van der Waals surface area (Å²) in [6, 6.07) is 8.79. The third kappa shape index (κ3) is 4.90. The van der Waals surface area contributed by atoms with Crippen molar-refractivity contribution >= 4 is 46.6 Å². The molecule has 1 aliphatic rings. The minimum Gasteiger partial charge on any atom is -0.383 e. The fourth-order valence-electron chi connectivity index (χ4n) is 3.54. The highest BCUT2D eigenvalue weighted by atomic mass is 35.5. The van der Waals surface area contributed by atoms with Gasteiger partial charge in [-0.25, -0.2) is 14.4 Å². The van der Waals surface area contributed by atoms with E-state index in [1.807, 2.05) is 25.3 Å². The monoisotopic (exact) mass is 477 g/mol. The van der Waals surface area contributed by atoms with Crippen molar-refractivity contribution in [1.82, 2.24) is 15.3 Å². The summed E-state index contributed by atoms with van der Waals surface area (Å²) in [6.45, 7) is 5.64. The molecule has 1 aliphatic heterocycles. The summed E-state index contributed by atoms with van der Waals surface area (Å²) in [4.78, 5) is 11.9. The third-order valence-electron chi connectivity index (χ3n) is 5.19. The van der Waals surface area contributed by atoms with Crippen LogP contribution in [-0.4, -0.2) is 36.1 Å². The molecule has 0 radical (unpaired) electrons. The summed E-state index contributed by atoms with van der Waals surface area (Å²) < 4.78 is 14.0. The molecular weight excluding hydrogens is 456 g/mol. The molecule has 0 aliphatic carbocycles. The van der Waals surface area contributed by atoms with Gasteiger partial charge in [0.1, 0.15) is 17.5 Å². The van der Waals surface area contributed by atoms with Gasteiger partial charge in [-0.3, -0.25) is 0 Å². The average Bonchev–Trinajstić information content (AvgIpc) is 2.79. The molecule has 4 rings (SSSR count). The van der Waals surface area contributed by atoms with Crippen LogP contribution >= 0.6 is 35.0 Å². The number of rotatable bonds is 5. The quantitative estimate of drug-likeness (QED) is 0.376. The first-order chi connectivity index (χ1) is 14.9. The summed E-state index contributed by atoms with van der Waals surface area (Å²) in [5, 5.41) is 3.58. The van der Waals surface area contributed by atoms with Crippen LogP contribution in [0.15, 0.2) is 47.6 Å². The molecular formula is C22H22Cl2FN5S. The zero-order valence-electron chi connectivity index (χ0n) is 16.9. The van der Waals surface area contributed by atoms with Gasteiger partial charge in [-0.1, -0.05) is 23.2 Å². The Hall–Kier alpha value is -2.06. The molecule has 3 heterocycles. The van der Waals surface area contributed by atoms with E-state index in [1.165, 1.54) is 23.9 Å². The number of hydrogen-bond acceptors (Lipinski definition) is 6. The number of halogens is 3. The summed E-state index contributed by atoms with van der Waals surface area (Å²) >= 11 is 13.9. The third-order valence-corrected chi connectivity index (χ3v) is 7.08. The smallest absolute Gasteiger partial charge is 0.142 e. The Morgan fingerprint density at radius 1 is 1.13 bits per heavy atom. The van der Waals surface area contributed by atoms with Gasteiger partial charge in [-0.05, 0) is 42.8 Å². The van der Waals surface area contributed by atoms with E-state index < -0.39 is 5.82 Å². The Morgan fingerprint density at radius 2 is 1.90 bits per heavy atom. The maximum absolute atomic E-state index is 14.0. The summed E-state index contributed by atoms with van der Waals surface area (Å²) in [6.07, 6.45) is 3.56. The molecule has 3 N–H and O–H groups in total. The van der Waals surface area contributed by atoms with Crippen molar-refractivity contribution in [1.29, 1.82) is 0 Å². The number of pyridine rings is 2. The topological polar surface area (TPSA) is 67.1 Å². The highest BCUT2D eigenvalue weighted by molar-refractivity contribution is 7.99. The lowest BCUT2D eigenvalue weighted by Crippen LogP contribution is -2.43. The number of anilines is 2. The zero-order valence-corrected chi connectivity index (χ0v) is 19.2. The van der Waals surface area contributed by atoms with Crippen molar-refractivity contribution in [3.63, 3.8) is 0 Å². The molecule has 3 aromatic rings. The van der Waals surface area contributed by atoms with E-state index in [4.69, 9.17) is 28.9 Å². The van der Waals surface area contributed by atoms with E-state index in [-0.39, 0.29) is 10.3 Å². The van der Waals surface area contributed by atoms with Gasteiger partial charge in [0.05, 0.1) is 9.92 Å². The van der Waals surface area contributed by atoms with E-state index in [1.54, 1.807) is 6.20 Å². The van der Waals surface area contributed by atoms with Gasteiger partial charge in [0.2, 0.25) is 0 Å². The largest absolute Gasteiger partial charge is 0.383 e. The van der Waals surface area contributed by atoms with E-state index in [0.29, 0.717) is 16.4 Å². The van der Waals surface area contributed by atoms with Gasteiger partial charge in [0.15, 0.2) is 0 Å². The van der Waals surface area contributed by atoms with Gasteiger partial charge < -0.3 is 16.0 Å². The van der Waals surface area contributed by atoms with Crippen molar-refractivity contribution in [3.8, 4) is 11.1 Å². The van der Waals surface area contributed by atoms with Gasteiger partial charge >= 0.3 is 0 Å². The second kappa shape index (κ2) is 9.61. The normalized spacial score (nSPS) is 15.2. The molecule has 1 fully saturated rings. The van der Waals surface area contributed by atoms with Crippen LogP contribution in [0.4, 0.5) is 16.0 Å². The van der Waals surface area contributed by atoms with E-state index in [2.05, 4.69) is 26.3 Å². The molecule has 9 heteroatoms. The lowest BCUT2D eigenvalue weighted by molar-refractivity contribution is 0.585. The Labute approximate surface area is 195 Å². The van der Waals surface area contributed by atoms with Crippen LogP contribution in [0.2, 0.25) is 10.0 Å². The van der Waals surface area contributed by atoms with Crippen LogP contribution < -0.4 is 16.0 Å². The standard InChI is InChI=1S/C22H22Cl2FN5S/c1-13(20-16(23)2-3-17(25)21(20)24)31-18-10-15(12-29-22(18)26)14-4-5-28-19(11-14)30-8-6-27-7-9-30/h2-5,10-13,27H,6-9H2,1H3,(H2,26,29). The molecule has 0 spiro atoms. The van der Waals surface area contributed by atoms with Gasteiger partial charge in [0, 0.05) is 60.0 Å². The molecule has 1 aromatic carbocycles. The van der Waals surface area contributed by atoms with Crippen molar-refractivity contribution < 1.29 is 4.39 Å². The number of piperazine rings is 1. The first kappa shape index (κ1) is 22.1. The Kier molecular flexibility index (Phi) is 6.86. The van der Waals surface area contributed by atoms with Gasteiger partial charge in [-0.2, -0.15) is 0 Å². The lowest BCUT2D eigenvalue weighted by atomic mass is 10.1. The highest BCUT2D eigenvalue weighted by Gasteiger charge is 2.20. The number of benzene rings is 1. The molecule has 0 amide bonds. The molecule has 1 atom stereocenters. The van der Waals surface area contributed by atoms with E-state index in [0.717, 1.165) is 48.0 Å². The first-order valence-corrected chi connectivity index (χ1v) is 11.5. The molecule has 162 valence electrons. The lowest BCUT2D eigenvalue weighted by Gasteiger charge is -2.28. The SMILES string of the molecule is CC(Sc1cc(-c2ccnc(N3CCNCC3)c2)cnc1N)c1c(Cl)ccc(F)c1Cl. The predicted molar refractivity (Wildman–Crippen MR) is 128 cm³/mol. The number of nitrogens with two attached hydrogens (primary N) is 1. The zero-order chi connectivity index (χ0) is 22.0. The number of aromatic nitrogens is 2. The number of nitrogens with one attached hydrogen (secondary N) is 1. The van der Waals surface area contributed by atoms with Crippen LogP contribution in [0, 0.1) is 5.82 Å². The van der Waals surface area contributed by atoms with Crippen molar-refractivity contribution in [2.24, 2.45) is 0 Å². The first-order valence-electron chi connectivity index (χ1n) is 9.91. The van der Waals surface area contributed by atoms with E-state index in [9.17, 15) is 4.39 Å². The Balaban J connectivity index is 1.62. The number of hydrogen-bond donors (Lipinski definition) is 2. The van der Waals surface area contributed by atoms with Crippen LogP contribution in [0.25, 0.3) is 11.1 Å². The fraction of sp³-hybridized carbons (Fsp3) is 0.273. The summed E-state index contributed by atoms with van der Waals surface area (Å²) in [5.41, 5.74) is 8.63. The summed E-state index contributed by atoms with van der Waals surface area (Å²) in [7, 11) is 0. The van der Waals surface area contributed by atoms with Gasteiger partial charge in [-0.15, -0.1) is 11.8 Å².